The highest BCUT2D eigenvalue weighted by Crippen LogP contribution is 2.25. The van der Waals surface area contributed by atoms with Gasteiger partial charge in [0.15, 0.2) is 6.29 Å². The highest BCUT2D eigenvalue weighted by atomic mass is 79.9. The molecule has 3 rings (SSSR count). The SMILES string of the molecule is NS(=O)(=O)c1ccc(NC2N=C3C(O)=CC(Br)=CC3CN2)cc1. The molecule has 2 aliphatic rings. The van der Waals surface area contributed by atoms with Crippen LogP contribution in [0.5, 0.6) is 0 Å². The van der Waals surface area contributed by atoms with Gasteiger partial charge in [-0.1, -0.05) is 22.0 Å². The van der Waals surface area contributed by atoms with Crippen LogP contribution < -0.4 is 15.8 Å². The van der Waals surface area contributed by atoms with Crippen molar-refractivity contribution in [3.63, 3.8) is 0 Å². The van der Waals surface area contributed by atoms with E-state index in [1.54, 1.807) is 18.2 Å². The largest absolute Gasteiger partial charge is 0.506 e. The topological polar surface area (TPSA) is 117 Å². The number of primary sulfonamides is 1. The number of aliphatic hydroxyl groups is 1. The second-order valence-electron chi connectivity index (χ2n) is 5.23. The number of fused-ring (bicyclic) bond motifs is 1. The summed E-state index contributed by atoms with van der Waals surface area (Å²) in [6.07, 6.45) is 3.17. The fourth-order valence-electron chi connectivity index (χ4n) is 2.44. The summed E-state index contributed by atoms with van der Waals surface area (Å²) in [5.74, 6) is 0.152. The Balaban J connectivity index is 1.76. The smallest absolute Gasteiger partial charge is 0.238 e. The summed E-state index contributed by atoms with van der Waals surface area (Å²) in [5.41, 5.74) is 1.30. The second-order valence-corrected chi connectivity index (χ2v) is 7.70. The quantitative estimate of drug-likeness (QED) is 0.614. The molecule has 9 heteroatoms. The van der Waals surface area contributed by atoms with E-state index >= 15 is 0 Å². The lowest BCUT2D eigenvalue weighted by atomic mass is 9.95. The minimum absolute atomic E-state index is 0.0113. The van der Waals surface area contributed by atoms with Gasteiger partial charge in [-0.2, -0.15) is 0 Å². The Morgan fingerprint density at radius 1 is 1.35 bits per heavy atom. The molecule has 0 bridgehead atoms. The number of hydrogen-bond donors (Lipinski definition) is 4. The van der Waals surface area contributed by atoms with Gasteiger partial charge in [0.25, 0.3) is 0 Å². The first-order chi connectivity index (χ1) is 10.8. The number of anilines is 1. The van der Waals surface area contributed by atoms with Crippen LogP contribution in [-0.4, -0.2) is 32.1 Å². The van der Waals surface area contributed by atoms with Crippen LogP contribution in [0.15, 0.2) is 56.5 Å². The number of aliphatic imine (C=N–C) groups is 1. The van der Waals surface area contributed by atoms with Crippen LogP contribution in [0.3, 0.4) is 0 Å². The molecule has 0 saturated heterocycles. The van der Waals surface area contributed by atoms with Crippen molar-refractivity contribution in [1.82, 2.24) is 5.32 Å². The number of nitrogens with zero attached hydrogens (tertiary/aromatic N) is 1. The fourth-order valence-corrected chi connectivity index (χ4v) is 3.49. The molecule has 0 aromatic heterocycles. The zero-order chi connectivity index (χ0) is 16.6. The van der Waals surface area contributed by atoms with Gasteiger partial charge in [-0.15, -0.1) is 0 Å². The molecule has 0 radical (unpaired) electrons. The number of nitrogens with one attached hydrogen (secondary N) is 2. The van der Waals surface area contributed by atoms with Crippen LogP contribution >= 0.6 is 15.9 Å². The van der Waals surface area contributed by atoms with Gasteiger partial charge in [-0.25, -0.2) is 18.5 Å². The van der Waals surface area contributed by atoms with E-state index in [1.807, 2.05) is 6.08 Å². The summed E-state index contributed by atoms with van der Waals surface area (Å²) >= 11 is 3.35. The standard InChI is InChI=1S/C14H15BrN4O3S/c15-9-5-8-7-17-14(19-13(8)12(20)6-9)18-10-1-3-11(4-2-10)23(16,21)22/h1-6,8,14,17-18,20H,7H2,(H2,16,21,22). The molecular formula is C14H15BrN4O3S. The second kappa shape index (κ2) is 6.08. The minimum atomic E-state index is -3.70. The lowest BCUT2D eigenvalue weighted by molar-refractivity contribution is 0.424. The third-order valence-corrected chi connectivity index (χ3v) is 4.96. The Bertz CT molecular complexity index is 815. The molecule has 23 heavy (non-hydrogen) atoms. The lowest BCUT2D eigenvalue weighted by Gasteiger charge is -2.29. The number of sulfonamides is 1. The third-order valence-electron chi connectivity index (χ3n) is 3.53. The molecular weight excluding hydrogens is 384 g/mol. The fraction of sp³-hybridized carbons (Fsp3) is 0.214. The zero-order valence-electron chi connectivity index (χ0n) is 11.9. The maximum atomic E-state index is 11.2. The highest BCUT2D eigenvalue weighted by Gasteiger charge is 2.27. The normalized spacial score (nSPS) is 24.2. The van der Waals surface area contributed by atoms with Crippen molar-refractivity contribution in [2.24, 2.45) is 16.0 Å². The van der Waals surface area contributed by atoms with Crippen LogP contribution in [0.1, 0.15) is 0 Å². The molecule has 0 saturated carbocycles. The van der Waals surface area contributed by atoms with Crippen molar-refractivity contribution in [3.05, 3.63) is 46.7 Å². The van der Waals surface area contributed by atoms with Gasteiger partial charge in [0.05, 0.1) is 10.6 Å². The van der Waals surface area contributed by atoms with Crippen molar-refractivity contribution in [2.45, 2.75) is 11.2 Å². The third kappa shape index (κ3) is 3.63. The van der Waals surface area contributed by atoms with Gasteiger partial charge in [-0.3, -0.25) is 5.32 Å². The number of aliphatic hydroxyl groups excluding tert-OH is 1. The Morgan fingerprint density at radius 3 is 2.70 bits per heavy atom. The number of nitrogens with two attached hydrogens (primary N) is 1. The number of benzene rings is 1. The average Bonchev–Trinajstić information content (AvgIpc) is 2.47. The van der Waals surface area contributed by atoms with E-state index in [9.17, 15) is 13.5 Å². The van der Waals surface area contributed by atoms with Gasteiger partial charge < -0.3 is 10.4 Å². The Labute approximate surface area is 142 Å². The molecule has 0 fully saturated rings. The van der Waals surface area contributed by atoms with E-state index < -0.39 is 16.3 Å². The molecule has 1 aliphatic heterocycles. The summed E-state index contributed by atoms with van der Waals surface area (Å²) in [4.78, 5) is 4.50. The van der Waals surface area contributed by atoms with Crippen molar-refractivity contribution in [3.8, 4) is 0 Å². The van der Waals surface area contributed by atoms with Crippen molar-refractivity contribution < 1.29 is 13.5 Å². The molecule has 1 aliphatic carbocycles. The number of halogens is 1. The Hall–Kier alpha value is -1.68. The predicted molar refractivity (Wildman–Crippen MR) is 91.9 cm³/mol. The number of allylic oxidation sites excluding steroid dienone is 3. The van der Waals surface area contributed by atoms with Crippen LogP contribution in [0.25, 0.3) is 0 Å². The molecule has 0 spiro atoms. The van der Waals surface area contributed by atoms with Crippen LogP contribution in [0.4, 0.5) is 5.69 Å². The van der Waals surface area contributed by atoms with E-state index in [2.05, 4.69) is 31.6 Å². The first-order valence-electron chi connectivity index (χ1n) is 6.82. The van der Waals surface area contributed by atoms with Gasteiger partial charge >= 0.3 is 0 Å². The Kier molecular flexibility index (Phi) is 4.28. The average molecular weight is 399 g/mol. The van der Waals surface area contributed by atoms with Crippen LogP contribution in [0, 0.1) is 5.92 Å². The molecule has 1 heterocycles. The van der Waals surface area contributed by atoms with Gasteiger partial charge in [0.2, 0.25) is 10.0 Å². The van der Waals surface area contributed by atoms with Gasteiger partial charge in [0, 0.05) is 22.6 Å². The van der Waals surface area contributed by atoms with Crippen LogP contribution in [0.2, 0.25) is 0 Å². The summed E-state index contributed by atoms with van der Waals surface area (Å²) in [5, 5.41) is 21.4. The van der Waals surface area contributed by atoms with Gasteiger partial charge in [0.1, 0.15) is 5.76 Å². The molecule has 2 unspecified atom stereocenters. The molecule has 0 amide bonds. The molecule has 122 valence electrons. The van der Waals surface area contributed by atoms with E-state index in [4.69, 9.17) is 5.14 Å². The highest BCUT2D eigenvalue weighted by molar-refractivity contribution is 9.11. The molecule has 1 aromatic carbocycles. The molecule has 5 N–H and O–H groups in total. The zero-order valence-corrected chi connectivity index (χ0v) is 14.3. The van der Waals surface area contributed by atoms with E-state index in [1.165, 1.54) is 12.1 Å². The Morgan fingerprint density at radius 2 is 2.04 bits per heavy atom. The first kappa shape index (κ1) is 16.2. The van der Waals surface area contributed by atoms with E-state index in [0.29, 0.717) is 17.9 Å². The summed E-state index contributed by atoms with van der Waals surface area (Å²) in [6.45, 7) is 0.624. The number of rotatable bonds is 3. The molecule has 7 nitrogen and oxygen atoms in total. The minimum Gasteiger partial charge on any atom is -0.506 e. The van der Waals surface area contributed by atoms with Crippen LogP contribution in [-0.2, 0) is 10.0 Å². The van der Waals surface area contributed by atoms with Crippen molar-refractivity contribution in [2.75, 3.05) is 11.9 Å². The maximum Gasteiger partial charge on any atom is 0.238 e. The van der Waals surface area contributed by atoms with E-state index in [0.717, 1.165) is 4.48 Å². The van der Waals surface area contributed by atoms with Gasteiger partial charge in [-0.05, 0) is 30.3 Å². The summed E-state index contributed by atoms with van der Waals surface area (Å²) in [6, 6.07) is 6.07. The van der Waals surface area contributed by atoms with Crippen molar-refractivity contribution >= 4 is 37.4 Å². The predicted octanol–water partition coefficient (Wildman–Crippen LogP) is 1.42. The molecule has 2 atom stereocenters. The first-order valence-corrected chi connectivity index (χ1v) is 9.16. The molecule has 1 aromatic rings. The monoisotopic (exact) mass is 398 g/mol. The summed E-state index contributed by atoms with van der Waals surface area (Å²) in [7, 11) is -3.70. The van der Waals surface area contributed by atoms with E-state index in [-0.39, 0.29) is 16.6 Å². The van der Waals surface area contributed by atoms with Crippen molar-refractivity contribution in [1.29, 1.82) is 0 Å². The maximum absolute atomic E-state index is 11.2. The lowest BCUT2D eigenvalue weighted by Crippen LogP contribution is -2.45. The summed E-state index contributed by atoms with van der Waals surface area (Å²) < 4.78 is 23.3. The number of hydrogen-bond acceptors (Lipinski definition) is 6.